The monoisotopic (exact) mass is 224 g/mol. The molecule has 0 unspecified atom stereocenters. The van der Waals surface area contributed by atoms with Gasteiger partial charge in [0, 0.05) is 13.1 Å². The first-order chi connectivity index (χ1) is 6.18. The van der Waals surface area contributed by atoms with Gasteiger partial charge in [-0.15, -0.1) is 0 Å². The summed E-state index contributed by atoms with van der Waals surface area (Å²) in [6, 6.07) is 0. The normalized spacial score (nSPS) is 17.9. The van der Waals surface area contributed by atoms with E-state index in [0.29, 0.717) is 5.92 Å². The second kappa shape index (κ2) is 8.21. The van der Waals surface area contributed by atoms with Gasteiger partial charge in [0.05, 0.1) is 5.97 Å². The molecule has 0 aromatic rings. The van der Waals surface area contributed by atoms with Crippen LogP contribution >= 0.6 is 0 Å². The van der Waals surface area contributed by atoms with Crippen LogP contribution in [-0.4, -0.2) is 44.1 Å². The molecule has 0 saturated carbocycles. The number of aliphatic carboxylic acids is 1. The van der Waals surface area contributed by atoms with E-state index in [1.165, 1.54) is 0 Å². The van der Waals surface area contributed by atoms with Crippen molar-refractivity contribution in [2.24, 2.45) is 5.92 Å². The van der Waals surface area contributed by atoms with Crippen molar-refractivity contribution >= 4 is 5.97 Å². The molecule has 76 valence electrons. The van der Waals surface area contributed by atoms with Gasteiger partial charge >= 0.3 is 51.4 Å². The molecule has 1 aliphatic rings. The molecule has 4 nitrogen and oxygen atoms in total. The van der Waals surface area contributed by atoms with E-state index in [-0.39, 0.29) is 57.9 Å². The van der Waals surface area contributed by atoms with Gasteiger partial charge < -0.3 is 20.1 Å². The molecule has 1 fully saturated rings. The SMILES string of the molecule is CN(CC(=O)[O-])CC1CCNCC1.[K+]. The maximum Gasteiger partial charge on any atom is 1.00 e. The minimum absolute atomic E-state index is 0. The summed E-state index contributed by atoms with van der Waals surface area (Å²) < 4.78 is 0. The van der Waals surface area contributed by atoms with E-state index >= 15 is 0 Å². The van der Waals surface area contributed by atoms with Crippen molar-refractivity contribution in [3.8, 4) is 0 Å². The quantitative estimate of drug-likeness (QED) is 0.491. The third-order valence-corrected chi connectivity index (χ3v) is 2.43. The first-order valence-electron chi connectivity index (χ1n) is 4.77. The van der Waals surface area contributed by atoms with Gasteiger partial charge in [-0.05, 0) is 38.9 Å². The Morgan fingerprint density at radius 2 is 2.07 bits per heavy atom. The zero-order chi connectivity index (χ0) is 9.68. The van der Waals surface area contributed by atoms with Crippen molar-refractivity contribution in [3.63, 3.8) is 0 Å². The molecular formula is C9H17KN2O2. The average molecular weight is 224 g/mol. The molecule has 1 aliphatic heterocycles. The van der Waals surface area contributed by atoms with E-state index in [0.717, 1.165) is 32.5 Å². The zero-order valence-corrected chi connectivity index (χ0v) is 12.2. The maximum absolute atomic E-state index is 10.3. The third kappa shape index (κ3) is 6.50. The van der Waals surface area contributed by atoms with Crippen LogP contribution in [0.5, 0.6) is 0 Å². The molecular weight excluding hydrogens is 207 g/mol. The molecule has 0 spiro atoms. The van der Waals surface area contributed by atoms with Crippen LogP contribution in [0.25, 0.3) is 0 Å². The molecule has 0 atom stereocenters. The molecule has 1 heterocycles. The molecule has 0 amide bonds. The summed E-state index contributed by atoms with van der Waals surface area (Å²) in [6.07, 6.45) is 2.30. The van der Waals surface area contributed by atoms with Gasteiger partial charge in [-0.25, -0.2) is 0 Å². The van der Waals surface area contributed by atoms with Crippen LogP contribution < -0.4 is 61.8 Å². The van der Waals surface area contributed by atoms with Crippen LogP contribution in [0.4, 0.5) is 0 Å². The van der Waals surface area contributed by atoms with Gasteiger partial charge in [0.2, 0.25) is 0 Å². The van der Waals surface area contributed by atoms with Crippen molar-refractivity contribution in [1.82, 2.24) is 10.2 Å². The molecule has 1 saturated heterocycles. The fraction of sp³-hybridized carbons (Fsp3) is 0.889. The first kappa shape index (κ1) is 15.0. The van der Waals surface area contributed by atoms with Crippen molar-refractivity contribution in [2.45, 2.75) is 12.8 Å². The van der Waals surface area contributed by atoms with Gasteiger partial charge in [0.15, 0.2) is 0 Å². The topological polar surface area (TPSA) is 55.4 Å². The fourth-order valence-electron chi connectivity index (χ4n) is 1.79. The summed E-state index contributed by atoms with van der Waals surface area (Å²) in [6.45, 7) is 3.03. The number of likely N-dealkylation sites (N-methyl/N-ethyl adjacent to an activating group) is 1. The minimum atomic E-state index is -0.989. The summed E-state index contributed by atoms with van der Waals surface area (Å²) in [7, 11) is 1.83. The van der Waals surface area contributed by atoms with Crippen LogP contribution in [0.1, 0.15) is 12.8 Å². The molecule has 0 bridgehead atoms. The number of carboxylic acid groups (broad SMARTS) is 1. The van der Waals surface area contributed by atoms with E-state index in [1.807, 2.05) is 11.9 Å². The summed E-state index contributed by atoms with van der Waals surface area (Å²) in [4.78, 5) is 12.1. The van der Waals surface area contributed by atoms with Gasteiger partial charge in [-0.1, -0.05) is 0 Å². The largest absolute Gasteiger partial charge is 1.00 e. The number of hydrogen-bond donors (Lipinski definition) is 1. The number of carbonyl (C=O) groups is 1. The van der Waals surface area contributed by atoms with Crippen molar-refractivity contribution < 1.29 is 61.3 Å². The molecule has 0 aromatic carbocycles. The molecule has 5 heteroatoms. The molecule has 0 radical (unpaired) electrons. The predicted molar refractivity (Wildman–Crippen MR) is 48.1 cm³/mol. The van der Waals surface area contributed by atoms with Gasteiger partial charge in [-0.2, -0.15) is 0 Å². The summed E-state index contributed by atoms with van der Waals surface area (Å²) in [5, 5.41) is 13.6. The number of hydrogen-bond acceptors (Lipinski definition) is 4. The van der Waals surface area contributed by atoms with E-state index in [9.17, 15) is 9.90 Å². The second-order valence-corrected chi connectivity index (χ2v) is 3.76. The van der Waals surface area contributed by atoms with E-state index in [4.69, 9.17) is 0 Å². The Hall–Kier alpha value is 1.03. The van der Waals surface area contributed by atoms with Crippen LogP contribution in [0, 0.1) is 5.92 Å². The number of nitrogens with one attached hydrogen (secondary N) is 1. The molecule has 0 aromatic heterocycles. The maximum atomic E-state index is 10.3. The van der Waals surface area contributed by atoms with Crippen LogP contribution in [0.15, 0.2) is 0 Å². The number of piperidine rings is 1. The Morgan fingerprint density at radius 3 is 2.57 bits per heavy atom. The number of nitrogens with zero attached hydrogens (tertiary/aromatic N) is 1. The molecule has 14 heavy (non-hydrogen) atoms. The van der Waals surface area contributed by atoms with E-state index in [2.05, 4.69) is 5.32 Å². The second-order valence-electron chi connectivity index (χ2n) is 3.76. The van der Waals surface area contributed by atoms with Gasteiger partial charge in [0.1, 0.15) is 0 Å². The summed E-state index contributed by atoms with van der Waals surface area (Å²) in [5.74, 6) is -0.345. The molecule has 0 aliphatic carbocycles. The average Bonchev–Trinajstić information content (AvgIpc) is 2.04. The Kier molecular flexibility index (Phi) is 8.81. The Bertz CT molecular complexity index is 172. The van der Waals surface area contributed by atoms with Crippen molar-refractivity contribution in [3.05, 3.63) is 0 Å². The predicted octanol–water partition coefficient (Wildman–Crippen LogP) is -4.33. The molecule has 1 N–H and O–H groups in total. The minimum Gasteiger partial charge on any atom is -0.549 e. The standard InChI is InChI=1S/C9H18N2O2.K/c1-11(7-9(12)13)6-8-2-4-10-5-3-8;/h8,10H,2-7H2,1H3,(H,12,13);/q;+1/p-1. The fourth-order valence-corrected chi connectivity index (χ4v) is 1.79. The first-order valence-corrected chi connectivity index (χ1v) is 4.77. The number of carboxylic acids is 1. The van der Waals surface area contributed by atoms with Gasteiger partial charge in [0.25, 0.3) is 0 Å². The Labute approximate surface area is 128 Å². The Balaban J connectivity index is 0.00000169. The van der Waals surface area contributed by atoms with E-state index < -0.39 is 5.97 Å². The number of carbonyl (C=O) groups excluding carboxylic acids is 1. The van der Waals surface area contributed by atoms with Crippen LogP contribution in [0.3, 0.4) is 0 Å². The summed E-state index contributed by atoms with van der Waals surface area (Å²) >= 11 is 0. The van der Waals surface area contributed by atoms with Crippen molar-refractivity contribution in [2.75, 3.05) is 33.2 Å². The van der Waals surface area contributed by atoms with Crippen LogP contribution in [0.2, 0.25) is 0 Å². The van der Waals surface area contributed by atoms with E-state index in [1.54, 1.807) is 0 Å². The Morgan fingerprint density at radius 1 is 1.50 bits per heavy atom. The summed E-state index contributed by atoms with van der Waals surface area (Å²) in [5.41, 5.74) is 0. The number of rotatable bonds is 4. The molecule has 1 rings (SSSR count). The van der Waals surface area contributed by atoms with Crippen LogP contribution in [-0.2, 0) is 4.79 Å². The third-order valence-electron chi connectivity index (χ3n) is 2.43. The zero-order valence-electron chi connectivity index (χ0n) is 9.08. The smallest absolute Gasteiger partial charge is 0.549 e. The van der Waals surface area contributed by atoms with Gasteiger partial charge in [-0.3, -0.25) is 0 Å². The van der Waals surface area contributed by atoms with Crippen molar-refractivity contribution in [1.29, 1.82) is 0 Å².